The van der Waals surface area contributed by atoms with Gasteiger partial charge in [-0.2, -0.15) is 0 Å². The van der Waals surface area contributed by atoms with Gasteiger partial charge < -0.3 is 4.74 Å². The summed E-state index contributed by atoms with van der Waals surface area (Å²) in [6.45, 7) is 8.09. The number of anilines is 1. The van der Waals surface area contributed by atoms with E-state index in [-0.39, 0.29) is 17.0 Å². The Labute approximate surface area is 178 Å². The van der Waals surface area contributed by atoms with Gasteiger partial charge in [0, 0.05) is 23.1 Å². The van der Waals surface area contributed by atoms with Gasteiger partial charge in [0.25, 0.3) is 11.6 Å². The second-order valence-electron chi connectivity index (χ2n) is 7.87. The lowest BCUT2D eigenvalue weighted by Gasteiger charge is -2.20. The van der Waals surface area contributed by atoms with Gasteiger partial charge in [0.2, 0.25) is 0 Å². The van der Waals surface area contributed by atoms with Crippen molar-refractivity contribution in [1.29, 1.82) is 0 Å². The van der Waals surface area contributed by atoms with Crippen molar-refractivity contribution >= 4 is 28.1 Å². The highest BCUT2D eigenvalue weighted by molar-refractivity contribution is 7.14. The fourth-order valence-corrected chi connectivity index (χ4v) is 3.44. The van der Waals surface area contributed by atoms with Gasteiger partial charge in [-0.05, 0) is 42.2 Å². The lowest BCUT2D eigenvalue weighted by molar-refractivity contribution is -0.384. The zero-order valence-corrected chi connectivity index (χ0v) is 18.0. The van der Waals surface area contributed by atoms with E-state index in [4.69, 9.17) is 4.74 Å². The number of carbonyl (C=O) groups excluding carboxylic acids is 1. The number of aromatic nitrogens is 1. The summed E-state index contributed by atoms with van der Waals surface area (Å²) in [5, 5.41) is 15.7. The fraction of sp³-hybridized carbons (Fsp3) is 0.273. The number of nitrogens with one attached hydrogen (secondary N) is 1. The van der Waals surface area contributed by atoms with Gasteiger partial charge in [0.15, 0.2) is 11.2 Å². The van der Waals surface area contributed by atoms with Crippen molar-refractivity contribution in [3.8, 4) is 17.0 Å². The molecule has 7 nitrogen and oxygen atoms in total. The van der Waals surface area contributed by atoms with Gasteiger partial charge >= 0.3 is 0 Å². The average Bonchev–Trinajstić information content (AvgIpc) is 3.16. The highest BCUT2D eigenvalue weighted by Gasteiger charge is 2.18. The fourth-order valence-electron chi connectivity index (χ4n) is 2.72. The maximum absolute atomic E-state index is 12.5. The summed E-state index contributed by atoms with van der Waals surface area (Å²) in [4.78, 5) is 27.2. The number of rotatable bonds is 6. The average molecular weight is 426 g/mol. The standard InChI is InChI=1S/C22H23N3O4S/c1-14(29-18-11-7-16(8-12-18)22(2,3)4)20(26)24-21-23-19(13-30-21)15-5-9-17(10-6-15)25(27)28/h5-14H,1-4H3,(H,23,24,26). The van der Waals surface area contributed by atoms with E-state index in [2.05, 4.69) is 31.1 Å². The van der Waals surface area contributed by atoms with Crippen molar-refractivity contribution in [2.24, 2.45) is 0 Å². The first-order chi connectivity index (χ1) is 14.1. The van der Waals surface area contributed by atoms with E-state index in [0.29, 0.717) is 16.6 Å². The van der Waals surface area contributed by atoms with Crippen LogP contribution in [0.5, 0.6) is 5.75 Å². The normalized spacial score (nSPS) is 12.3. The second kappa shape index (κ2) is 8.62. The number of ether oxygens (including phenoxy) is 1. The van der Waals surface area contributed by atoms with Crippen LogP contribution in [0.4, 0.5) is 10.8 Å². The summed E-state index contributed by atoms with van der Waals surface area (Å²) in [6.07, 6.45) is -0.697. The zero-order valence-electron chi connectivity index (χ0n) is 17.2. The molecule has 8 heteroatoms. The van der Waals surface area contributed by atoms with E-state index >= 15 is 0 Å². The van der Waals surface area contributed by atoms with E-state index in [1.807, 2.05) is 24.3 Å². The summed E-state index contributed by atoms with van der Waals surface area (Å²) in [6, 6.07) is 13.8. The summed E-state index contributed by atoms with van der Waals surface area (Å²) in [7, 11) is 0. The van der Waals surface area contributed by atoms with Crippen molar-refractivity contribution in [3.05, 3.63) is 69.6 Å². The van der Waals surface area contributed by atoms with E-state index in [9.17, 15) is 14.9 Å². The highest BCUT2D eigenvalue weighted by atomic mass is 32.1. The van der Waals surface area contributed by atoms with Crippen LogP contribution >= 0.6 is 11.3 Å². The maximum Gasteiger partial charge on any atom is 0.269 e. The first-order valence-electron chi connectivity index (χ1n) is 9.42. The van der Waals surface area contributed by atoms with Crippen LogP contribution in [0, 0.1) is 10.1 Å². The van der Waals surface area contributed by atoms with Crippen LogP contribution in [-0.4, -0.2) is 21.9 Å². The molecule has 0 spiro atoms. The largest absolute Gasteiger partial charge is 0.481 e. The Kier molecular flexibility index (Phi) is 6.17. The van der Waals surface area contributed by atoms with Gasteiger partial charge in [-0.3, -0.25) is 20.2 Å². The molecule has 0 aliphatic rings. The molecule has 1 aromatic heterocycles. The number of amides is 1. The Morgan fingerprint density at radius 2 is 1.77 bits per heavy atom. The lowest BCUT2D eigenvalue weighted by Crippen LogP contribution is -2.30. The highest BCUT2D eigenvalue weighted by Crippen LogP contribution is 2.27. The Bertz CT molecular complexity index is 1040. The number of nitro benzene ring substituents is 1. The molecule has 0 aliphatic heterocycles. The molecule has 0 bridgehead atoms. The van der Waals surface area contributed by atoms with Crippen LogP contribution < -0.4 is 10.1 Å². The third-order valence-electron chi connectivity index (χ3n) is 4.51. The predicted molar refractivity (Wildman–Crippen MR) is 118 cm³/mol. The minimum atomic E-state index is -0.697. The van der Waals surface area contributed by atoms with Crippen molar-refractivity contribution < 1.29 is 14.5 Å². The van der Waals surface area contributed by atoms with E-state index in [1.165, 1.54) is 29.0 Å². The monoisotopic (exact) mass is 425 g/mol. The first kappa shape index (κ1) is 21.4. The van der Waals surface area contributed by atoms with Crippen molar-refractivity contribution in [2.75, 3.05) is 5.32 Å². The molecule has 1 N–H and O–H groups in total. The second-order valence-corrected chi connectivity index (χ2v) is 8.72. The van der Waals surface area contributed by atoms with E-state index < -0.39 is 11.0 Å². The predicted octanol–water partition coefficient (Wildman–Crippen LogP) is 5.42. The molecule has 156 valence electrons. The van der Waals surface area contributed by atoms with Gasteiger partial charge in [0.05, 0.1) is 10.6 Å². The van der Waals surface area contributed by atoms with Gasteiger partial charge in [-0.1, -0.05) is 32.9 Å². The molecular weight excluding hydrogens is 402 g/mol. The third kappa shape index (κ3) is 5.21. The molecule has 2 aromatic carbocycles. The smallest absolute Gasteiger partial charge is 0.269 e. The summed E-state index contributed by atoms with van der Waals surface area (Å²) < 4.78 is 5.74. The minimum absolute atomic E-state index is 0.0176. The molecule has 1 unspecified atom stereocenters. The zero-order chi connectivity index (χ0) is 21.9. The SMILES string of the molecule is CC(Oc1ccc(C(C)(C)C)cc1)C(=O)Nc1nc(-c2ccc([N+](=O)[O-])cc2)cs1. The Morgan fingerprint density at radius 1 is 1.13 bits per heavy atom. The van der Waals surface area contributed by atoms with Crippen molar-refractivity contribution in [3.63, 3.8) is 0 Å². The maximum atomic E-state index is 12.5. The molecule has 30 heavy (non-hydrogen) atoms. The van der Waals surface area contributed by atoms with Crippen LogP contribution in [0.3, 0.4) is 0 Å². The van der Waals surface area contributed by atoms with Crippen molar-refractivity contribution in [1.82, 2.24) is 4.98 Å². The minimum Gasteiger partial charge on any atom is -0.481 e. The summed E-state index contributed by atoms with van der Waals surface area (Å²) >= 11 is 1.28. The Hall–Kier alpha value is -3.26. The molecule has 0 aliphatic carbocycles. The number of hydrogen-bond donors (Lipinski definition) is 1. The topological polar surface area (TPSA) is 94.4 Å². The van der Waals surface area contributed by atoms with E-state index in [0.717, 1.165) is 5.56 Å². The van der Waals surface area contributed by atoms with Crippen LogP contribution in [-0.2, 0) is 10.2 Å². The van der Waals surface area contributed by atoms with Crippen LogP contribution in [0.2, 0.25) is 0 Å². The molecular formula is C22H23N3O4S. The number of carbonyl (C=O) groups is 1. The molecule has 0 radical (unpaired) electrons. The number of nitrogens with zero attached hydrogens (tertiary/aromatic N) is 2. The number of benzene rings is 2. The quantitative estimate of drug-likeness (QED) is 0.420. The number of non-ortho nitro benzene ring substituents is 1. The molecule has 0 saturated carbocycles. The number of hydrogen-bond acceptors (Lipinski definition) is 6. The summed E-state index contributed by atoms with van der Waals surface area (Å²) in [5.41, 5.74) is 2.63. The van der Waals surface area contributed by atoms with Crippen LogP contribution in [0.15, 0.2) is 53.9 Å². The summed E-state index contributed by atoms with van der Waals surface area (Å²) in [5.74, 6) is 0.316. The molecule has 3 aromatic rings. The van der Waals surface area contributed by atoms with Crippen LogP contribution in [0.1, 0.15) is 33.3 Å². The molecule has 1 atom stereocenters. The number of nitro groups is 1. The third-order valence-corrected chi connectivity index (χ3v) is 5.27. The molecule has 3 rings (SSSR count). The molecule has 1 amide bonds. The van der Waals surface area contributed by atoms with Crippen molar-refractivity contribution in [2.45, 2.75) is 39.2 Å². The molecule has 0 saturated heterocycles. The van der Waals surface area contributed by atoms with Crippen LogP contribution in [0.25, 0.3) is 11.3 Å². The molecule has 0 fully saturated rings. The van der Waals surface area contributed by atoms with E-state index in [1.54, 1.807) is 24.4 Å². The lowest BCUT2D eigenvalue weighted by atomic mass is 9.87. The van der Waals surface area contributed by atoms with Gasteiger partial charge in [0.1, 0.15) is 5.75 Å². The molecule has 1 heterocycles. The Morgan fingerprint density at radius 3 is 2.33 bits per heavy atom. The first-order valence-corrected chi connectivity index (χ1v) is 10.3. The Balaban J connectivity index is 1.61. The van der Waals surface area contributed by atoms with Gasteiger partial charge in [-0.15, -0.1) is 11.3 Å². The number of thiazole rings is 1. The van der Waals surface area contributed by atoms with Gasteiger partial charge in [-0.25, -0.2) is 4.98 Å².